The molecule has 0 saturated carbocycles. The molecular weight excluding hydrogens is 428 g/mol. The fourth-order valence-electron chi connectivity index (χ4n) is 4.24. The van der Waals surface area contributed by atoms with Gasteiger partial charge in [-0.2, -0.15) is 0 Å². The number of carbonyl (C=O) groups excluding carboxylic acids is 2. The largest absolute Gasteiger partial charge is 0.326 e. The van der Waals surface area contributed by atoms with Crippen molar-refractivity contribution in [2.45, 2.75) is 83.4 Å². The molecule has 1 N–H and O–H groups in total. The second-order valence-corrected chi connectivity index (χ2v) is 10.1. The van der Waals surface area contributed by atoms with Crippen molar-refractivity contribution in [3.63, 3.8) is 0 Å². The first-order valence-electron chi connectivity index (χ1n) is 12.5. The van der Waals surface area contributed by atoms with Crippen LogP contribution in [0.4, 0.5) is 11.4 Å². The van der Waals surface area contributed by atoms with E-state index in [1.165, 1.54) is 50.5 Å². The highest BCUT2D eigenvalue weighted by Gasteiger charge is 2.34. The van der Waals surface area contributed by atoms with E-state index in [0.29, 0.717) is 12.2 Å². The van der Waals surface area contributed by atoms with Gasteiger partial charge in [0, 0.05) is 17.8 Å². The first-order valence-corrected chi connectivity index (χ1v) is 13.5. The number of anilines is 2. The third kappa shape index (κ3) is 7.92. The second kappa shape index (κ2) is 13.4. The summed E-state index contributed by atoms with van der Waals surface area (Å²) in [6, 6.07) is 16.0. The lowest BCUT2D eigenvalue weighted by molar-refractivity contribution is -0.117. The number of thioether (sulfide) groups is 1. The van der Waals surface area contributed by atoms with Gasteiger partial charge < -0.3 is 5.32 Å². The van der Waals surface area contributed by atoms with Crippen LogP contribution in [0.1, 0.15) is 87.6 Å². The number of hydrogen-bond acceptors (Lipinski definition) is 3. The zero-order chi connectivity index (χ0) is 23.5. The Labute approximate surface area is 203 Å². The number of unbranched alkanes of at least 4 members (excludes halogenated alkanes) is 8. The fraction of sp³-hybridized carbons (Fsp3) is 0.500. The third-order valence-corrected chi connectivity index (χ3v) is 7.36. The molecule has 0 aromatic heterocycles. The van der Waals surface area contributed by atoms with Gasteiger partial charge in [0.05, 0.1) is 5.75 Å². The number of carbonyl (C=O) groups is 2. The Hall–Kier alpha value is -2.27. The first-order chi connectivity index (χ1) is 16.1. The monoisotopic (exact) mass is 466 g/mol. The molecule has 2 aromatic carbocycles. The molecule has 2 aromatic rings. The summed E-state index contributed by atoms with van der Waals surface area (Å²) in [5.74, 6) is 0.655. The summed E-state index contributed by atoms with van der Waals surface area (Å²) >= 11 is 1.63. The third-order valence-electron chi connectivity index (χ3n) is 6.14. The molecule has 2 amide bonds. The maximum Gasteiger partial charge on any atom is 0.238 e. The van der Waals surface area contributed by atoms with Gasteiger partial charge in [0.2, 0.25) is 11.8 Å². The normalized spacial score (nSPS) is 15.8. The highest BCUT2D eigenvalue weighted by atomic mass is 32.2. The van der Waals surface area contributed by atoms with Gasteiger partial charge in [-0.1, -0.05) is 88.1 Å². The van der Waals surface area contributed by atoms with Crippen molar-refractivity contribution < 1.29 is 9.59 Å². The molecule has 4 nitrogen and oxygen atoms in total. The molecule has 0 radical (unpaired) electrons. The molecule has 0 aliphatic carbocycles. The van der Waals surface area contributed by atoms with Crippen molar-refractivity contribution in [1.82, 2.24) is 0 Å². The van der Waals surface area contributed by atoms with Crippen LogP contribution in [-0.2, 0) is 9.59 Å². The Kier molecular flexibility index (Phi) is 10.3. The minimum atomic E-state index is -0.0746. The molecule has 5 heteroatoms. The minimum Gasteiger partial charge on any atom is -0.326 e. The van der Waals surface area contributed by atoms with Crippen LogP contribution in [0.2, 0.25) is 0 Å². The summed E-state index contributed by atoms with van der Waals surface area (Å²) in [5.41, 5.74) is 3.93. The summed E-state index contributed by atoms with van der Waals surface area (Å²) in [6.45, 7) is 4.29. The van der Waals surface area contributed by atoms with E-state index in [1.54, 1.807) is 11.8 Å². The summed E-state index contributed by atoms with van der Waals surface area (Å²) in [6.07, 6.45) is 11.8. The molecule has 0 unspecified atom stereocenters. The molecule has 178 valence electrons. The van der Waals surface area contributed by atoms with Crippen LogP contribution in [-0.4, -0.2) is 17.6 Å². The minimum absolute atomic E-state index is 0.0700. The second-order valence-electron chi connectivity index (χ2n) is 9.01. The van der Waals surface area contributed by atoms with Crippen LogP contribution in [0, 0.1) is 6.92 Å². The van der Waals surface area contributed by atoms with Crippen LogP contribution in [0.25, 0.3) is 0 Å². The van der Waals surface area contributed by atoms with E-state index in [0.717, 1.165) is 29.8 Å². The van der Waals surface area contributed by atoms with Crippen LogP contribution < -0.4 is 10.2 Å². The van der Waals surface area contributed by atoms with Crippen molar-refractivity contribution in [1.29, 1.82) is 0 Å². The van der Waals surface area contributed by atoms with Crippen molar-refractivity contribution in [3.05, 3.63) is 59.7 Å². The number of amides is 2. The SMILES string of the molecule is CCCCCCCCCCCC(=O)Nc1cccc([C@H]2SCC(=O)N2c2ccc(C)cc2)c1. The fourth-order valence-corrected chi connectivity index (χ4v) is 5.41. The molecule has 0 spiro atoms. The Morgan fingerprint density at radius 2 is 1.64 bits per heavy atom. The maximum absolute atomic E-state index is 12.6. The lowest BCUT2D eigenvalue weighted by Gasteiger charge is -2.25. The van der Waals surface area contributed by atoms with Gasteiger partial charge in [-0.05, 0) is 43.2 Å². The van der Waals surface area contributed by atoms with Crippen LogP contribution >= 0.6 is 11.8 Å². The van der Waals surface area contributed by atoms with Gasteiger partial charge in [-0.25, -0.2) is 0 Å². The standard InChI is InChI=1S/C28H38N2O2S/c1-3-4-5-6-7-8-9-10-11-15-26(31)29-24-14-12-13-23(20-24)28-30(27(32)21-33-28)25-18-16-22(2)17-19-25/h12-14,16-20,28H,3-11,15,21H2,1-2H3,(H,29,31)/t28-/m1/s1. The highest BCUT2D eigenvalue weighted by molar-refractivity contribution is 8.00. The highest BCUT2D eigenvalue weighted by Crippen LogP contribution is 2.42. The first kappa shape index (κ1) is 25.4. The van der Waals surface area contributed by atoms with E-state index in [4.69, 9.17) is 0 Å². The molecule has 1 aliphatic heterocycles. The average molecular weight is 467 g/mol. The van der Waals surface area contributed by atoms with Crippen molar-refractivity contribution >= 4 is 35.0 Å². The Morgan fingerprint density at radius 1 is 0.970 bits per heavy atom. The van der Waals surface area contributed by atoms with E-state index in [-0.39, 0.29) is 17.2 Å². The van der Waals surface area contributed by atoms with Crippen molar-refractivity contribution in [3.8, 4) is 0 Å². The van der Waals surface area contributed by atoms with Crippen LogP contribution in [0.5, 0.6) is 0 Å². The molecule has 1 atom stereocenters. The smallest absolute Gasteiger partial charge is 0.238 e. The Morgan fingerprint density at radius 3 is 2.33 bits per heavy atom. The molecule has 1 saturated heterocycles. The number of nitrogens with zero attached hydrogens (tertiary/aromatic N) is 1. The molecular formula is C28H38N2O2S. The zero-order valence-corrected chi connectivity index (χ0v) is 21.0. The van der Waals surface area contributed by atoms with Gasteiger partial charge in [0.15, 0.2) is 0 Å². The average Bonchev–Trinajstić information content (AvgIpc) is 3.20. The topological polar surface area (TPSA) is 49.4 Å². The molecule has 0 bridgehead atoms. The summed E-state index contributed by atoms with van der Waals surface area (Å²) in [5, 5.41) is 2.98. The number of rotatable bonds is 13. The molecule has 3 rings (SSSR count). The number of benzene rings is 2. The summed E-state index contributed by atoms with van der Waals surface area (Å²) in [7, 11) is 0. The van der Waals surface area contributed by atoms with Crippen molar-refractivity contribution in [2.75, 3.05) is 16.0 Å². The molecule has 1 aliphatic rings. The van der Waals surface area contributed by atoms with E-state index >= 15 is 0 Å². The number of hydrogen-bond donors (Lipinski definition) is 1. The van der Waals surface area contributed by atoms with Crippen LogP contribution in [0.15, 0.2) is 48.5 Å². The Balaban J connectivity index is 1.47. The molecule has 1 heterocycles. The van der Waals surface area contributed by atoms with Gasteiger partial charge in [-0.15, -0.1) is 11.8 Å². The predicted octanol–water partition coefficient (Wildman–Crippen LogP) is 7.63. The predicted molar refractivity (Wildman–Crippen MR) is 141 cm³/mol. The van der Waals surface area contributed by atoms with Crippen LogP contribution in [0.3, 0.4) is 0 Å². The zero-order valence-electron chi connectivity index (χ0n) is 20.1. The van der Waals surface area contributed by atoms with E-state index < -0.39 is 0 Å². The summed E-state index contributed by atoms with van der Waals surface area (Å²) < 4.78 is 0. The molecule has 1 fully saturated rings. The number of nitrogens with one attached hydrogen (secondary N) is 1. The Bertz CT molecular complexity index is 897. The number of aryl methyl sites for hydroxylation is 1. The van der Waals surface area contributed by atoms with Gasteiger partial charge in [0.1, 0.15) is 5.37 Å². The lowest BCUT2D eigenvalue weighted by atomic mass is 10.1. The van der Waals surface area contributed by atoms with Gasteiger partial charge in [-0.3, -0.25) is 14.5 Å². The maximum atomic E-state index is 12.6. The van der Waals surface area contributed by atoms with Gasteiger partial charge in [0.25, 0.3) is 0 Å². The molecule has 33 heavy (non-hydrogen) atoms. The van der Waals surface area contributed by atoms with E-state index in [1.807, 2.05) is 60.4 Å². The van der Waals surface area contributed by atoms with E-state index in [2.05, 4.69) is 12.2 Å². The summed E-state index contributed by atoms with van der Waals surface area (Å²) in [4.78, 5) is 26.9. The lowest BCUT2D eigenvalue weighted by Crippen LogP contribution is -2.27. The van der Waals surface area contributed by atoms with E-state index in [9.17, 15) is 9.59 Å². The van der Waals surface area contributed by atoms with Crippen molar-refractivity contribution in [2.24, 2.45) is 0 Å². The van der Waals surface area contributed by atoms with Gasteiger partial charge >= 0.3 is 0 Å². The quantitative estimate of drug-likeness (QED) is 0.309.